The maximum atomic E-state index is 12.1. The molecule has 0 aliphatic heterocycles. The van der Waals surface area contributed by atoms with Crippen LogP contribution in [0.4, 0.5) is 5.13 Å². The maximum Gasteiger partial charge on any atom is 0.257 e. The Morgan fingerprint density at radius 3 is 2.71 bits per heavy atom. The molecule has 0 saturated carbocycles. The molecule has 0 spiro atoms. The standard InChI is InChI=1S/C14H13N5OS/c1-2-12-17-18-14(21-12)16-13(20)10-3-5-11(6-4-10)19-8-7-15-9-19/h3-9H,2H2,1H3,(H,16,18,20). The summed E-state index contributed by atoms with van der Waals surface area (Å²) in [6, 6.07) is 7.28. The van der Waals surface area contributed by atoms with Crippen LogP contribution < -0.4 is 5.32 Å². The van der Waals surface area contributed by atoms with Crippen molar-refractivity contribution < 1.29 is 4.79 Å². The zero-order valence-corrected chi connectivity index (χ0v) is 12.2. The minimum absolute atomic E-state index is 0.189. The Morgan fingerprint density at radius 2 is 2.10 bits per heavy atom. The number of carbonyl (C=O) groups is 1. The molecule has 1 aromatic carbocycles. The van der Waals surface area contributed by atoms with Crippen molar-refractivity contribution in [2.45, 2.75) is 13.3 Å². The molecule has 0 fully saturated rings. The lowest BCUT2D eigenvalue weighted by Crippen LogP contribution is -2.11. The van der Waals surface area contributed by atoms with Crippen LogP contribution in [0.5, 0.6) is 0 Å². The van der Waals surface area contributed by atoms with E-state index in [0.29, 0.717) is 10.7 Å². The first-order valence-electron chi connectivity index (χ1n) is 6.48. The van der Waals surface area contributed by atoms with E-state index in [1.54, 1.807) is 24.7 Å². The molecule has 3 aromatic rings. The molecule has 1 amide bonds. The van der Waals surface area contributed by atoms with E-state index < -0.39 is 0 Å². The second-order valence-electron chi connectivity index (χ2n) is 4.33. The molecule has 0 unspecified atom stereocenters. The number of hydrogen-bond donors (Lipinski definition) is 1. The van der Waals surface area contributed by atoms with E-state index in [2.05, 4.69) is 20.5 Å². The van der Waals surface area contributed by atoms with Crippen LogP contribution in [0.3, 0.4) is 0 Å². The number of amides is 1. The highest BCUT2D eigenvalue weighted by Gasteiger charge is 2.09. The minimum atomic E-state index is -0.189. The van der Waals surface area contributed by atoms with Crippen LogP contribution in [0, 0.1) is 0 Å². The number of benzene rings is 1. The quantitative estimate of drug-likeness (QED) is 0.803. The highest BCUT2D eigenvalue weighted by atomic mass is 32.1. The number of hydrogen-bond acceptors (Lipinski definition) is 5. The van der Waals surface area contributed by atoms with E-state index in [4.69, 9.17) is 0 Å². The molecule has 0 saturated heterocycles. The summed E-state index contributed by atoms with van der Waals surface area (Å²) in [7, 11) is 0. The van der Waals surface area contributed by atoms with Crippen molar-refractivity contribution in [1.29, 1.82) is 0 Å². The topological polar surface area (TPSA) is 72.7 Å². The van der Waals surface area contributed by atoms with Gasteiger partial charge in [0.1, 0.15) is 5.01 Å². The largest absolute Gasteiger partial charge is 0.306 e. The molecule has 0 radical (unpaired) electrons. The molecule has 0 aliphatic rings. The Morgan fingerprint density at radius 1 is 1.29 bits per heavy atom. The molecule has 2 heterocycles. The van der Waals surface area contributed by atoms with Gasteiger partial charge in [0, 0.05) is 23.6 Å². The van der Waals surface area contributed by atoms with Crippen LogP contribution >= 0.6 is 11.3 Å². The zero-order chi connectivity index (χ0) is 14.7. The molecule has 6 nitrogen and oxygen atoms in total. The summed E-state index contributed by atoms with van der Waals surface area (Å²) in [5, 5.41) is 12.1. The van der Waals surface area contributed by atoms with Gasteiger partial charge in [0.05, 0.1) is 6.33 Å². The van der Waals surface area contributed by atoms with Gasteiger partial charge < -0.3 is 4.57 Å². The number of aromatic nitrogens is 4. The summed E-state index contributed by atoms with van der Waals surface area (Å²) in [6.07, 6.45) is 6.08. The van der Waals surface area contributed by atoms with E-state index in [0.717, 1.165) is 17.1 Å². The van der Waals surface area contributed by atoms with Gasteiger partial charge in [-0.2, -0.15) is 0 Å². The first kappa shape index (κ1) is 13.4. The summed E-state index contributed by atoms with van der Waals surface area (Å²) in [5.41, 5.74) is 1.53. The van der Waals surface area contributed by atoms with E-state index >= 15 is 0 Å². The Labute approximate surface area is 125 Å². The highest BCUT2D eigenvalue weighted by molar-refractivity contribution is 7.15. The lowest BCUT2D eigenvalue weighted by atomic mass is 10.2. The fourth-order valence-corrected chi connectivity index (χ4v) is 2.49. The number of carbonyl (C=O) groups excluding carboxylic acids is 1. The van der Waals surface area contributed by atoms with E-state index in [1.165, 1.54) is 11.3 Å². The number of nitrogens with zero attached hydrogens (tertiary/aromatic N) is 4. The highest BCUT2D eigenvalue weighted by Crippen LogP contribution is 2.17. The van der Waals surface area contributed by atoms with E-state index in [-0.39, 0.29) is 5.91 Å². The molecule has 1 N–H and O–H groups in total. The molecule has 0 bridgehead atoms. The van der Waals surface area contributed by atoms with Crippen LogP contribution in [0.25, 0.3) is 5.69 Å². The maximum absolute atomic E-state index is 12.1. The lowest BCUT2D eigenvalue weighted by Gasteiger charge is -2.04. The van der Waals surface area contributed by atoms with Gasteiger partial charge in [0.15, 0.2) is 0 Å². The summed E-state index contributed by atoms with van der Waals surface area (Å²) in [6.45, 7) is 2.00. The summed E-state index contributed by atoms with van der Waals surface area (Å²) >= 11 is 1.39. The molecule has 7 heteroatoms. The van der Waals surface area contributed by atoms with Crippen molar-refractivity contribution in [2.24, 2.45) is 0 Å². The number of anilines is 1. The number of aryl methyl sites for hydroxylation is 1. The first-order valence-corrected chi connectivity index (χ1v) is 7.30. The van der Waals surface area contributed by atoms with E-state index in [9.17, 15) is 4.79 Å². The molecule has 106 valence electrons. The molecule has 2 aromatic heterocycles. The van der Waals surface area contributed by atoms with Crippen molar-refractivity contribution in [1.82, 2.24) is 19.7 Å². The van der Waals surface area contributed by atoms with Gasteiger partial charge in [-0.3, -0.25) is 10.1 Å². The van der Waals surface area contributed by atoms with Crippen LogP contribution in [0.1, 0.15) is 22.3 Å². The van der Waals surface area contributed by atoms with Gasteiger partial charge in [0.2, 0.25) is 5.13 Å². The third-order valence-electron chi connectivity index (χ3n) is 2.92. The second-order valence-corrected chi connectivity index (χ2v) is 5.39. The van der Waals surface area contributed by atoms with Gasteiger partial charge in [-0.15, -0.1) is 10.2 Å². The third kappa shape index (κ3) is 2.97. The van der Waals surface area contributed by atoms with Crippen LogP contribution in [-0.2, 0) is 6.42 Å². The summed E-state index contributed by atoms with van der Waals surface area (Å²) < 4.78 is 1.87. The molecular formula is C14H13N5OS. The predicted octanol–water partition coefficient (Wildman–Crippen LogP) is 2.54. The Hall–Kier alpha value is -2.54. The molecule has 21 heavy (non-hydrogen) atoms. The van der Waals surface area contributed by atoms with Gasteiger partial charge in [-0.05, 0) is 30.7 Å². The smallest absolute Gasteiger partial charge is 0.257 e. The van der Waals surface area contributed by atoms with Crippen molar-refractivity contribution in [3.8, 4) is 5.69 Å². The Balaban J connectivity index is 1.73. The van der Waals surface area contributed by atoms with Crippen molar-refractivity contribution in [3.63, 3.8) is 0 Å². The fraction of sp³-hybridized carbons (Fsp3) is 0.143. The van der Waals surface area contributed by atoms with Crippen molar-refractivity contribution in [2.75, 3.05) is 5.32 Å². The Kier molecular flexibility index (Phi) is 3.74. The fourth-order valence-electron chi connectivity index (χ4n) is 1.81. The van der Waals surface area contributed by atoms with Gasteiger partial charge in [-0.1, -0.05) is 18.3 Å². The molecule has 3 rings (SSSR count). The normalized spacial score (nSPS) is 10.5. The third-order valence-corrected chi connectivity index (χ3v) is 3.90. The minimum Gasteiger partial charge on any atom is -0.306 e. The van der Waals surface area contributed by atoms with Gasteiger partial charge >= 0.3 is 0 Å². The van der Waals surface area contributed by atoms with Gasteiger partial charge in [0.25, 0.3) is 5.91 Å². The predicted molar refractivity (Wildman–Crippen MR) is 80.8 cm³/mol. The monoisotopic (exact) mass is 299 g/mol. The average Bonchev–Trinajstić information content (AvgIpc) is 3.19. The second kappa shape index (κ2) is 5.84. The average molecular weight is 299 g/mol. The molecular weight excluding hydrogens is 286 g/mol. The van der Waals surface area contributed by atoms with E-state index in [1.807, 2.05) is 29.8 Å². The molecule has 0 atom stereocenters. The van der Waals surface area contributed by atoms with Crippen LogP contribution in [0.2, 0.25) is 0 Å². The van der Waals surface area contributed by atoms with Gasteiger partial charge in [-0.25, -0.2) is 4.98 Å². The first-order chi connectivity index (χ1) is 10.3. The van der Waals surface area contributed by atoms with Crippen molar-refractivity contribution >= 4 is 22.4 Å². The lowest BCUT2D eigenvalue weighted by molar-refractivity contribution is 0.102. The summed E-state index contributed by atoms with van der Waals surface area (Å²) in [5.74, 6) is -0.189. The van der Waals surface area contributed by atoms with Crippen molar-refractivity contribution in [3.05, 3.63) is 53.6 Å². The number of rotatable bonds is 4. The summed E-state index contributed by atoms with van der Waals surface area (Å²) in [4.78, 5) is 16.1. The number of nitrogens with one attached hydrogen (secondary N) is 1. The number of imidazole rings is 1. The molecule has 0 aliphatic carbocycles. The zero-order valence-electron chi connectivity index (χ0n) is 11.4. The SMILES string of the molecule is CCc1nnc(NC(=O)c2ccc(-n3ccnc3)cc2)s1. The van der Waals surface area contributed by atoms with Crippen LogP contribution in [-0.4, -0.2) is 25.7 Å². The Bertz CT molecular complexity index is 733. The van der Waals surface area contributed by atoms with Crippen LogP contribution in [0.15, 0.2) is 43.0 Å².